The Morgan fingerprint density at radius 3 is 2.59 bits per heavy atom. The third kappa shape index (κ3) is 5.91. The average Bonchev–Trinajstić information content (AvgIpc) is 2.82. The van der Waals surface area contributed by atoms with Crippen LogP contribution in [0, 0.1) is 0 Å². The molecule has 0 heterocycles. The van der Waals surface area contributed by atoms with Gasteiger partial charge in [-0.15, -0.1) is 12.4 Å². The van der Waals surface area contributed by atoms with Crippen LogP contribution in [0.5, 0.6) is 5.75 Å². The van der Waals surface area contributed by atoms with Crippen LogP contribution in [-0.4, -0.2) is 29.0 Å². The van der Waals surface area contributed by atoms with E-state index in [0.717, 1.165) is 19.3 Å². The SMILES string of the molecule is Cl.N[C@@H]1CC[C@@H](NC(=O)CCC(=O)Nc2cccc(O)c2)C1. The minimum Gasteiger partial charge on any atom is -0.508 e. The maximum absolute atomic E-state index is 11.7. The van der Waals surface area contributed by atoms with Crippen LogP contribution in [-0.2, 0) is 9.59 Å². The van der Waals surface area contributed by atoms with Crippen LogP contribution < -0.4 is 16.4 Å². The van der Waals surface area contributed by atoms with Crippen molar-refractivity contribution in [3.05, 3.63) is 24.3 Å². The highest BCUT2D eigenvalue weighted by Gasteiger charge is 2.23. The lowest BCUT2D eigenvalue weighted by molar-refractivity contribution is -0.124. The summed E-state index contributed by atoms with van der Waals surface area (Å²) < 4.78 is 0. The lowest BCUT2D eigenvalue weighted by Gasteiger charge is -2.12. The second-order valence-corrected chi connectivity index (χ2v) is 5.44. The summed E-state index contributed by atoms with van der Waals surface area (Å²) in [6.07, 6.45) is 2.91. The van der Waals surface area contributed by atoms with E-state index in [4.69, 9.17) is 5.73 Å². The second kappa shape index (κ2) is 8.60. The van der Waals surface area contributed by atoms with Crippen molar-refractivity contribution in [2.24, 2.45) is 5.73 Å². The van der Waals surface area contributed by atoms with E-state index < -0.39 is 0 Å². The number of halogens is 1. The molecule has 2 atom stereocenters. The molecule has 1 aliphatic carbocycles. The van der Waals surface area contributed by atoms with E-state index in [0.29, 0.717) is 5.69 Å². The van der Waals surface area contributed by atoms with Crippen LogP contribution >= 0.6 is 12.4 Å². The molecule has 7 heteroatoms. The molecule has 1 aromatic rings. The first-order valence-corrected chi connectivity index (χ1v) is 7.17. The summed E-state index contributed by atoms with van der Waals surface area (Å²) in [5, 5.41) is 14.8. The highest BCUT2D eigenvalue weighted by molar-refractivity contribution is 5.93. The summed E-state index contributed by atoms with van der Waals surface area (Å²) in [5.41, 5.74) is 6.30. The highest BCUT2D eigenvalue weighted by atomic mass is 35.5. The fourth-order valence-electron chi connectivity index (χ4n) is 2.48. The van der Waals surface area contributed by atoms with Crippen molar-refractivity contribution in [3.8, 4) is 5.75 Å². The molecule has 1 saturated carbocycles. The normalized spacial score (nSPS) is 20.0. The topological polar surface area (TPSA) is 104 Å². The van der Waals surface area contributed by atoms with E-state index in [9.17, 15) is 14.7 Å². The molecule has 1 fully saturated rings. The number of benzene rings is 1. The molecule has 0 spiro atoms. The van der Waals surface area contributed by atoms with Gasteiger partial charge in [-0.3, -0.25) is 9.59 Å². The number of carbonyl (C=O) groups excluding carboxylic acids is 2. The fraction of sp³-hybridized carbons (Fsp3) is 0.467. The van der Waals surface area contributed by atoms with Crippen LogP contribution in [0.1, 0.15) is 32.1 Å². The summed E-state index contributed by atoms with van der Waals surface area (Å²) in [6.45, 7) is 0. The number of hydrogen-bond donors (Lipinski definition) is 4. The summed E-state index contributed by atoms with van der Waals surface area (Å²) in [6, 6.07) is 6.61. The van der Waals surface area contributed by atoms with E-state index in [1.165, 1.54) is 12.1 Å². The molecule has 1 aromatic carbocycles. The minimum atomic E-state index is -0.251. The lowest BCUT2D eigenvalue weighted by Crippen LogP contribution is -2.34. The van der Waals surface area contributed by atoms with Crippen molar-refractivity contribution in [1.82, 2.24) is 5.32 Å². The van der Waals surface area contributed by atoms with Crippen LogP contribution in [0.25, 0.3) is 0 Å². The van der Waals surface area contributed by atoms with Crippen molar-refractivity contribution in [3.63, 3.8) is 0 Å². The summed E-state index contributed by atoms with van der Waals surface area (Å²) in [5.74, 6) is -0.290. The predicted octanol–water partition coefficient (Wildman–Crippen LogP) is 1.53. The number of nitrogens with one attached hydrogen (secondary N) is 2. The van der Waals surface area contributed by atoms with Crippen molar-refractivity contribution in [1.29, 1.82) is 0 Å². The Bertz CT molecular complexity index is 525. The van der Waals surface area contributed by atoms with Crippen LogP contribution in [0.2, 0.25) is 0 Å². The van der Waals surface area contributed by atoms with Crippen molar-refractivity contribution in [2.75, 3.05) is 5.32 Å². The van der Waals surface area contributed by atoms with E-state index in [-0.39, 0.29) is 54.9 Å². The third-order valence-electron chi connectivity index (χ3n) is 3.55. The first-order chi connectivity index (χ1) is 10.0. The summed E-state index contributed by atoms with van der Waals surface area (Å²) >= 11 is 0. The molecule has 0 saturated heterocycles. The van der Waals surface area contributed by atoms with Gasteiger partial charge in [-0.05, 0) is 31.4 Å². The number of aromatic hydroxyl groups is 1. The number of anilines is 1. The van der Waals surface area contributed by atoms with Crippen LogP contribution in [0.3, 0.4) is 0 Å². The second-order valence-electron chi connectivity index (χ2n) is 5.44. The first kappa shape index (κ1) is 18.3. The zero-order valence-electron chi connectivity index (χ0n) is 12.2. The van der Waals surface area contributed by atoms with Gasteiger partial charge in [-0.25, -0.2) is 0 Å². The Balaban J connectivity index is 0.00000242. The maximum atomic E-state index is 11.7. The zero-order chi connectivity index (χ0) is 15.2. The van der Waals surface area contributed by atoms with Crippen LogP contribution in [0.15, 0.2) is 24.3 Å². The molecule has 0 unspecified atom stereocenters. The Morgan fingerprint density at radius 1 is 1.23 bits per heavy atom. The van der Waals surface area contributed by atoms with E-state index in [1.54, 1.807) is 12.1 Å². The van der Waals surface area contributed by atoms with Gasteiger partial charge in [-0.1, -0.05) is 6.07 Å². The van der Waals surface area contributed by atoms with Crippen molar-refractivity contribution < 1.29 is 14.7 Å². The number of phenolic OH excluding ortho intramolecular Hbond substituents is 1. The minimum absolute atomic E-state index is 0. The summed E-state index contributed by atoms with van der Waals surface area (Å²) in [7, 11) is 0. The molecule has 6 nitrogen and oxygen atoms in total. The first-order valence-electron chi connectivity index (χ1n) is 7.17. The zero-order valence-corrected chi connectivity index (χ0v) is 13.1. The monoisotopic (exact) mass is 327 g/mol. The van der Waals surface area contributed by atoms with Gasteiger partial charge in [0, 0.05) is 36.7 Å². The predicted molar refractivity (Wildman–Crippen MR) is 87.0 cm³/mol. The number of carbonyl (C=O) groups is 2. The number of hydrogen-bond acceptors (Lipinski definition) is 4. The smallest absolute Gasteiger partial charge is 0.224 e. The number of phenols is 1. The fourth-order valence-corrected chi connectivity index (χ4v) is 2.48. The number of nitrogens with two attached hydrogens (primary N) is 1. The van der Waals surface area contributed by atoms with E-state index >= 15 is 0 Å². The molecular formula is C15H22ClN3O3. The molecule has 2 rings (SSSR count). The van der Waals surface area contributed by atoms with Crippen molar-refractivity contribution >= 4 is 29.9 Å². The molecule has 0 bridgehead atoms. The van der Waals surface area contributed by atoms with Gasteiger partial charge in [-0.2, -0.15) is 0 Å². The van der Waals surface area contributed by atoms with Gasteiger partial charge in [0.05, 0.1) is 0 Å². The Morgan fingerprint density at radius 2 is 1.95 bits per heavy atom. The molecular weight excluding hydrogens is 306 g/mol. The molecule has 5 N–H and O–H groups in total. The molecule has 122 valence electrons. The quantitative estimate of drug-likeness (QED) is 0.658. The Hall–Kier alpha value is -1.79. The lowest BCUT2D eigenvalue weighted by atomic mass is 10.2. The highest BCUT2D eigenvalue weighted by Crippen LogP contribution is 2.17. The number of amides is 2. The molecule has 0 aromatic heterocycles. The maximum Gasteiger partial charge on any atom is 0.224 e. The number of rotatable bonds is 5. The van der Waals surface area contributed by atoms with Gasteiger partial charge in [0.15, 0.2) is 0 Å². The molecule has 0 radical (unpaired) electrons. The van der Waals surface area contributed by atoms with E-state index in [1.807, 2.05) is 0 Å². The van der Waals surface area contributed by atoms with Crippen molar-refractivity contribution in [2.45, 2.75) is 44.2 Å². The van der Waals surface area contributed by atoms with Gasteiger partial charge in [0.1, 0.15) is 5.75 Å². The van der Waals surface area contributed by atoms with E-state index in [2.05, 4.69) is 10.6 Å². The van der Waals surface area contributed by atoms with Gasteiger partial charge < -0.3 is 21.5 Å². The molecule has 2 amide bonds. The standard InChI is InChI=1S/C15H21N3O3.ClH/c16-10-4-5-12(8-10)18-15(21)7-6-14(20)17-11-2-1-3-13(19)9-11;/h1-3,9-10,12,19H,4-8,16H2,(H,17,20)(H,18,21);1H/t10-,12-;/m1./s1. The Kier molecular flexibility index (Phi) is 7.14. The average molecular weight is 328 g/mol. The molecule has 22 heavy (non-hydrogen) atoms. The summed E-state index contributed by atoms with van der Waals surface area (Å²) in [4.78, 5) is 23.5. The van der Waals surface area contributed by atoms with Gasteiger partial charge in [0.25, 0.3) is 0 Å². The Labute approximate surface area is 135 Å². The van der Waals surface area contributed by atoms with Crippen LogP contribution in [0.4, 0.5) is 5.69 Å². The third-order valence-corrected chi connectivity index (χ3v) is 3.55. The molecule has 1 aliphatic rings. The molecule has 0 aliphatic heterocycles. The largest absolute Gasteiger partial charge is 0.508 e. The van der Waals surface area contributed by atoms with Gasteiger partial charge in [0.2, 0.25) is 11.8 Å². The van der Waals surface area contributed by atoms with Gasteiger partial charge >= 0.3 is 0 Å².